The summed E-state index contributed by atoms with van der Waals surface area (Å²) in [5.74, 6) is 1.94. The summed E-state index contributed by atoms with van der Waals surface area (Å²) in [6.45, 7) is 1.92. The SMILES string of the molecule is CCC(O)Cc1nc(Cc2ccc(OC)cc2)no1. The minimum atomic E-state index is -0.422. The number of methoxy groups -OCH3 is 1. The average molecular weight is 262 g/mol. The molecule has 0 spiro atoms. The molecule has 0 aliphatic rings. The molecule has 0 aliphatic heterocycles. The van der Waals surface area contributed by atoms with Gasteiger partial charge >= 0.3 is 0 Å². The molecule has 1 aromatic carbocycles. The summed E-state index contributed by atoms with van der Waals surface area (Å²) in [7, 11) is 1.64. The maximum absolute atomic E-state index is 9.53. The summed E-state index contributed by atoms with van der Waals surface area (Å²) in [6, 6.07) is 7.74. The highest BCUT2D eigenvalue weighted by Crippen LogP contribution is 2.14. The fraction of sp³-hybridized carbons (Fsp3) is 0.429. The van der Waals surface area contributed by atoms with Gasteiger partial charge in [-0.05, 0) is 24.1 Å². The smallest absolute Gasteiger partial charge is 0.229 e. The van der Waals surface area contributed by atoms with Gasteiger partial charge in [0, 0.05) is 6.42 Å². The molecule has 1 heterocycles. The molecule has 1 unspecified atom stereocenters. The Morgan fingerprint density at radius 3 is 2.68 bits per heavy atom. The lowest BCUT2D eigenvalue weighted by Gasteiger charge is -2.01. The molecular formula is C14H18N2O3. The molecule has 1 aromatic heterocycles. The van der Waals surface area contributed by atoms with Crippen LogP contribution in [0.2, 0.25) is 0 Å². The Morgan fingerprint density at radius 1 is 1.32 bits per heavy atom. The first-order valence-electron chi connectivity index (χ1n) is 6.33. The number of nitrogens with zero attached hydrogens (tertiary/aromatic N) is 2. The Labute approximate surface area is 112 Å². The Morgan fingerprint density at radius 2 is 2.05 bits per heavy atom. The minimum absolute atomic E-state index is 0.409. The topological polar surface area (TPSA) is 68.4 Å². The molecule has 1 N–H and O–H groups in total. The molecular weight excluding hydrogens is 244 g/mol. The first-order chi connectivity index (χ1) is 9.21. The van der Waals surface area contributed by atoms with E-state index in [1.54, 1.807) is 7.11 Å². The monoisotopic (exact) mass is 262 g/mol. The van der Waals surface area contributed by atoms with E-state index in [-0.39, 0.29) is 0 Å². The molecule has 0 bridgehead atoms. The van der Waals surface area contributed by atoms with Crippen molar-refractivity contribution in [2.75, 3.05) is 7.11 Å². The normalized spacial score (nSPS) is 12.4. The summed E-state index contributed by atoms with van der Waals surface area (Å²) in [6.07, 6.45) is 1.27. The van der Waals surface area contributed by atoms with Gasteiger partial charge in [0.2, 0.25) is 5.89 Å². The number of hydrogen-bond donors (Lipinski definition) is 1. The number of benzene rings is 1. The van der Waals surface area contributed by atoms with Gasteiger partial charge in [0.1, 0.15) is 5.75 Å². The standard InChI is InChI=1S/C14H18N2O3/c1-3-11(17)9-14-15-13(16-19-14)8-10-4-6-12(18-2)7-5-10/h4-7,11,17H,3,8-9H2,1-2H3. The maximum Gasteiger partial charge on any atom is 0.229 e. The van der Waals surface area contributed by atoms with Crippen LogP contribution in [0.4, 0.5) is 0 Å². The number of rotatable bonds is 6. The molecule has 2 rings (SSSR count). The van der Waals surface area contributed by atoms with Crippen molar-refractivity contribution >= 4 is 0 Å². The molecule has 0 radical (unpaired) electrons. The molecule has 5 heteroatoms. The van der Waals surface area contributed by atoms with Crippen LogP contribution in [-0.4, -0.2) is 28.5 Å². The fourth-order valence-electron chi connectivity index (χ4n) is 1.72. The van der Waals surface area contributed by atoms with E-state index >= 15 is 0 Å². The van der Waals surface area contributed by atoms with Gasteiger partial charge in [-0.1, -0.05) is 24.2 Å². The molecule has 1 atom stereocenters. The second-order valence-corrected chi connectivity index (χ2v) is 4.40. The van der Waals surface area contributed by atoms with Crippen LogP contribution in [-0.2, 0) is 12.8 Å². The largest absolute Gasteiger partial charge is 0.497 e. The van der Waals surface area contributed by atoms with Gasteiger partial charge in [0.05, 0.1) is 19.6 Å². The van der Waals surface area contributed by atoms with Gasteiger partial charge in [0.25, 0.3) is 0 Å². The molecule has 102 valence electrons. The summed E-state index contributed by atoms with van der Waals surface area (Å²) in [4.78, 5) is 4.27. The van der Waals surface area contributed by atoms with Gasteiger partial charge in [0.15, 0.2) is 5.82 Å². The lowest BCUT2D eigenvalue weighted by atomic mass is 10.1. The Balaban J connectivity index is 1.98. The first-order valence-corrected chi connectivity index (χ1v) is 6.33. The Bertz CT molecular complexity index is 508. The lowest BCUT2D eigenvalue weighted by molar-refractivity contribution is 0.158. The third kappa shape index (κ3) is 3.79. The zero-order valence-corrected chi connectivity index (χ0v) is 11.2. The average Bonchev–Trinajstić information content (AvgIpc) is 2.86. The van der Waals surface area contributed by atoms with Crippen LogP contribution in [0.3, 0.4) is 0 Å². The molecule has 2 aromatic rings. The highest BCUT2D eigenvalue weighted by atomic mass is 16.5. The van der Waals surface area contributed by atoms with Crippen LogP contribution in [0.25, 0.3) is 0 Å². The van der Waals surface area contributed by atoms with E-state index in [4.69, 9.17) is 9.26 Å². The van der Waals surface area contributed by atoms with Crippen molar-refractivity contribution in [3.05, 3.63) is 41.5 Å². The van der Waals surface area contributed by atoms with Gasteiger partial charge in [-0.3, -0.25) is 0 Å². The zero-order chi connectivity index (χ0) is 13.7. The van der Waals surface area contributed by atoms with Crippen LogP contribution in [0.15, 0.2) is 28.8 Å². The van der Waals surface area contributed by atoms with Gasteiger partial charge < -0.3 is 14.4 Å². The van der Waals surface area contributed by atoms with Gasteiger partial charge in [-0.2, -0.15) is 4.98 Å². The molecule has 0 aliphatic carbocycles. The minimum Gasteiger partial charge on any atom is -0.497 e. The van der Waals surface area contributed by atoms with Crippen LogP contribution in [0, 0.1) is 0 Å². The molecule has 0 saturated carbocycles. The van der Waals surface area contributed by atoms with Crippen molar-refractivity contribution in [3.8, 4) is 5.75 Å². The molecule has 19 heavy (non-hydrogen) atoms. The van der Waals surface area contributed by atoms with Crippen molar-refractivity contribution in [1.29, 1.82) is 0 Å². The summed E-state index contributed by atoms with van der Waals surface area (Å²) in [5, 5.41) is 13.4. The quantitative estimate of drug-likeness (QED) is 0.862. The zero-order valence-electron chi connectivity index (χ0n) is 11.2. The maximum atomic E-state index is 9.53. The van der Waals surface area contributed by atoms with E-state index in [0.29, 0.717) is 31.0 Å². The predicted molar refractivity (Wildman–Crippen MR) is 70.1 cm³/mol. The van der Waals surface area contributed by atoms with E-state index < -0.39 is 6.10 Å². The van der Waals surface area contributed by atoms with Gasteiger partial charge in [-0.15, -0.1) is 0 Å². The van der Waals surface area contributed by atoms with Crippen LogP contribution < -0.4 is 4.74 Å². The second kappa shape index (κ2) is 6.33. The van der Waals surface area contributed by atoms with E-state index in [1.807, 2.05) is 31.2 Å². The summed E-state index contributed by atoms with van der Waals surface area (Å²) >= 11 is 0. The second-order valence-electron chi connectivity index (χ2n) is 4.40. The fourth-order valence-corrected chi connectivity index (χ4v) is 1.72. The number of aromatic nitrogens is 2. The van der Waals surface area contributed by atoms with Crippen molar-refractivity contribution in [2.45, 2.75) is 32.3 Å². The molecule has 0 saturated heterocycles. The lowest BCUT2D eigenvalue weighted by Crippen LogP contribution is -2.08. The highest BCUT2D eigenvalue weighted by molar-refractivity contribution is 5.28. The van der Waals surface area contributed by atoms with E-state index in [0.717, 1.165) is 11.3 Å². The van der Waals surface area contributed by atoms with E-state index in [9.17, 15) is 5.11 Å². The van der Waals surface area contributed by atoms with Crippen molar-refractivity contribution in [1.82, 2.24) is 10.1 Å². The van der Waals surface area contributed by atoms with Crippen LogP contribution >= 0.6 is 0 Å². The van der Waals surface area contributed by atoms with Crippen molar-refractivity contribution < 1.29 is 14.4 Å². The van der Waals surface area contributed by atoms with E-state index in [1.165, 1.54) is 0 Å². The Kier molecular flexibility index (Phi) is 4.52. The predicted octanol–water partition coefficient (Wildman–Crippen LogP) is 1.98. The summed E-state index contributed by atoms with van der Waals surface area (Å²) in [5.41, 5.74) is 1.09. The first kappa shape index (κ1) is 13.5. The molecule has 5 nitrogen and oxygen atoms in total. The van der Waals surface area contributed by atoms with Crippen molar-refractivity contribution in [3.63, 3.8) is 0 Å². The van der Waals surface area contributed by atoms with Crippen LogP contribution in [0.1, 0.15) is 30.6 Å². The van der Waals surface area contributed by atoms with Crippen LogP contribution in [0.5, 0.6) is 5.75 Å². The number of aliphatic hydroxyl groups excluding tert-OH is 1. The third-order valence-electron chi connectivity index (χ3n) is 2.91. The number of ether oxygens (including phenoxy) is 1. The highest BCUT2D eigenvalue weighted by Gasteiger charge is 2.11. The third-order valence-corrected chi connectivity index (χ3v) is 2.91. The Hall–Kier alpha value is -1.88. The van der Waals surface area contributed by atoms with Crippen molar-refractivity contribution in [2.24, 2.45) is 0 Å². The molecule has 0 amide bonds. The number of hydrogen-bond acceptors (Lipinski definition) is 5. The number of aliphatic hydroxyl groups is 1. The molecule has 0 fully saturated rings. The van der Waals surface area contributed by atoms with E-state index in [2.05, 4.69) is 10.1 Å². The summed E-state index contributed by atoms with van der Waals surface area (Å²) < 4.78 is 10.2. The van der Waals surface area contributed by atoms with Gasteiger partial charge in [-0.25, -0.2) is 0 Å².